The summed E-state index contributed by atoms with van der Waals surface area (Å²) in [6.07, 6.45) is 6.36. The fourth-order valence-corrected chi connectivity index (χ4v) is 4.42. The average Bonchev–Trinajstić information content (AvgIpc) is 3.28. The Labute approximate surface area is 212 Å². The number of hydrogen-bond acceptors (Lipinski definition) is 5. The highest BCUT2D eigenvalue weighted by molar-refractivity contribution is 5.76. The van der Waals surface area contributed by atoms with Crippen molar-refractivity contribution in [3.8, 4) is 0 Å². The maximum Gasteiger partial charge on any atom is 0.333 e. The summed E-state index contributed by atoms with van der Waals surface area (Å²) in [6.45, 7) is 11.0. The van der Waals surface area contributed by atoms with Crippen LogP contribution < -0.4 is 21.5 Å². The third kappa shape index (κ3) is 6.44. The molecule has 2 aromatic heterocycles. The van der Waals surface area contributed by atoms with Crippen LogP contribution >= 0.6 is 0 Å². The predicted molar refractivity (Wildman–Crippen MR) is 145 cm³/mol. The van der Waals surface area contributed by atoms with Gasteiger partial charge in [0.15, 0.2) is 11.2 Å². The van der Waals surface area contributed by atoms with Gasteiger partial charge in [0.1, 0.15) is 6.54 Å². The number of nitrogens with one attached hydrogen (secondary N) is 1. The topological polar surface area (TPSA) is 94.2 Å². The summed E-state index contributed by atoms with van der Waals surface area (Å²) >= 11 is 0. The Morgan fingerprint density at radius 3 is 2.50 bits per heavy atom. The average molecular weight is 497 g/mol. The van der Waals surface area contributed by atoms with E-state index in [0.717, 1.165) is 48.9 Å². The van der Waals surface area contributed by atoms with Gasteiger partial charge in [-0.25, -0.2) is 14.3 Å². The van der Waals surface area contributed by atoms with Crippen LogP contribution in [0.5, 0.6) is 0 Å². The van der Waals surface area contributed by atoms with Gasteiger partial charge in [-0.2, -0.15) is 0 Å². The molecule has 0 aliphatic carbocycles. The number of anilines is 1. The predicted octanol–water partition coefficient (Wildman–Crippen LogP) is 3.30. The third-order valence-corrected chi connectivity index (χ3v) is 6.48. The molecule has 196 valence electrons. The second kappa shape index (κ2) is 13.1. The number of hydrogen-bond donors (Lipinski definition) is 1. The lowest BCUT2D eigenvalue weighted by Crippen LogP contribution is -2.45. The van der Waals surface area contributed by atoms with E-state index in [1.165, 1.54) is 5.56 Å². The zero-order valence-corrected chi connectivity index (χ0v) is 22.1. The number of likely N-dealkylation sites (N-methyl/N-ethyl adjacent to an activating group) is 1. The zero-order chi connectivity index (χ0) is 26.1. The quantitative estimate of drug-likeness (QED) is 0.346. The number of carbonyl (C=O) groups excluding carboxylic acids is 1. The fraction of sp³-hybridized carbons (Fsp3) is 0.556. The van der Waals surface area contributed by atoms with Crippen molar-refractivity contribution in [1.82, 2.24) is 24.0 Å². The van der Waals surface area contributed by atoms with Crippen molar-refractivity contribution in [3.05, 3.63) is 57.0 Å². The smallest absolute Gasteiger partial charge is 0.333 e. The summed E-state index contributed by atoms with van der Waals surface area (Å²) in [4.78, 5) is 46.0. The van der Waals surface area contributed by atoms with Crippen LogP contribution in [0.3, 0.4) is 0 Å². The summed E-state index contributed by atoms with van der Waals surface area (Å²) in [6, 6.07) is 8.24. The van der Waals surface area contributed by atoms with Crippen LogP contribution in [0.25, 0.3) is 11.2 Å². The molecule has 9 heteroatoms. The molecule has 3 aromatic rings. The number of aromatic nitrogens is 4. The molecule has 0 unspecified atom stereocenters. The van der Waals surface area contributed by atoms with Crippen LogP contribution in [0.1, 0.15) is 58.4 Å². The van der Waals surface area contributed by atoms with Crippen molar-refractivity contribution in [1.29, 1.82) is 0 Å². The van der Waals surface area contributed by atoms with Crippen molar-refractivity contribution >= 4 is 22.8 Å². The van der Waals surface area contributed by atoms with Gasteiger partial charge in [-0.1, -0.05) is 45.2 Å². The number of unbranched alkanes of at least 4 members (excludes halogenated alkanes) is 3. The second-order valence-corrected chi connectivity index (χ2v) is 9.26. The first-order chi connectivity index (χ1) is 17.4. The van der Waals surface area contributed by atoms with Gasteiger partial charge < -0.3 is 14.8 Å². The van der Waals surface area contributed by atoms with E-state index < -0.39 is 11.2 Å². The normalized spacial score (nSPS) is 11.2. The van der Waals surface area contributed by atoms with Crippen molar-refractivity contribution in [2.24, 2.45) is 0 Å². The molecule has 0 bridgehead atoms. The summed E-state index contributed by atoms with van der Waals surface area (Å²) in [5, 5.41) is 2.88. The van der Waals surface area contributed by atoms with E-state index in [4.69, 9.17) is 0 Å². The van der Waals surface area contributed by atoms with Gasteiger partial charge in [0.25, 0.3) is 5.56 Å². The van der Waals surface area contributed by atoms with Crippen LogP contribution in [-0.4, -0.2) is 44.2 Å². The molecule has 9 nitrogen and oxygen atoms in total. The maximum absolute atomic E-state index is 13.4. The number of aryl methyl sites for hydroxylation is 3. The largest absolute Gasteiger partial charge is 0.370 e. The van der Waals surface area contributed by atoms with Crippen LogP contribution in [0, 0.1) is 6.92 Å². The standard InChI is InChI=1S/C27H40N6O3/c1-5-8-10-15-31-20-29-25-24(31)26(35)33(27(36)32(25)16-9-6-2)19-23(34)28-14-17-30(7-3)22-13-11-12-21(4)18-22/h11-13,18,20H,5-10,14-17,19H2,1-4H3,(H,28,34). The SMILES string of the molecule is CCCCCn1cnc2c1c(=O)n(CC(=O)NCCN(CC)c1cccc(C)c1)c(=O)n2CCCC. The van der Waals surface area contributed by atoms with Gasteiger partial charge in [0.2, 0.25) is 5.91 Å². The van der Waals surface area contributed by atoms with Crippen molar-refractivity contribution < 1.29 is 4.79 Å². The van der Waals surface area contributed by atoms with Gasteiger partial charge in [0.05, 0.1) is 6.33 Å². The van der Waals surface area contributed by atoms with E-state index >= 15 is 0 Å². The number of rotatable bonds is 14. The molecule has 0 saturated heterocycles. The molecule has 0 aliphatic heterocycles. The highest BCUT2D eigenvalue weighted by Gasteiger charge is 2.19. The summed E-state index contributed by atoms with van der Waals surface area (Å²) in [5.74, 6) is -0.354. The molecule has 2 heterocycles. The molecule has 1 N–H and O–H groups in total. The first kappa shape index (κ1) is 27.2. The first-order valence-corrected chi connectivity index (χ1v) is 13.2. The minimum Gasteiger partial charge on any atom is -0.370 e. The second-order valence-electron chi connectivity index (χ2n) is 9.26. The Morgan fingerprint density at radius 2 is 1.81 bits per heavy atom. The van der Waals surface area contributed by atoms with Gasteiger partial charge in [-0.3, -0.25) is 14.2 Å². The van der Waals surface area contributed by atoms with E-state index in [1.807, 2.05) is 17.6 Å². The molecular weight excluding hydrogens is 456 g/mol. The van der Waals surface area contributed by atoms with Gasteiger partial charge in [-0.15, -0.1) is 0 Å². The zero-order valence-electron chi connectivity index (χ0n) is 22.1. The lowest BCUT2D eigenvalue weighted by molar-refractivity contribution is -0.121. The highest BCUT2D eigenvalue weighted by Crippen LogP contribution is 2.15. The number of nitrogens with zero attached hydrogens (tertiary/aromatic N) is 5. The van der Waals surface area contributed by atoms with Crippen molar-refractivity contribution in [3.63, 3.8) is 0 Å². The molecular formula is C27H40N6O3. The highest BCUT2D eigenvalue weighted by atomic mass is 16.2. The molecule has 3 rings (SSSR count). The number of imidazole rings is 1. The Bertz CT molecular complexity index is 1270. The molecule has 0 atom stereocenters. The van der Waals surface area contributed by atoms with E-state index in [2.05, 4.69) is 54.2 Å². The molecule has 0 radical (unpaired) electrons. The fourth-order valence-electron chi connectivity index (χ4n) is 4.42. The van der Waals surface area contributed by atoms with Crippen molar-refractivity contribution in [2.75, 3.05) is 24.5 Å². The van der Waals surface area contributed by atoms with Crippen LogP contribution in [0.4, 0.5) is 5.69 Å². The van der Waals surface area contributed by atoms with E-state index in [-0.39, 0.29) is 12.5 Å². The number of amides is 1. The van der Waals surface area contributed by atoms with Gasteiger partial charge in [-0.05, 0) is 44.4 Å². The minimum absolute atomic E-state index is 0.309. The summed E-state index contributed by atoms with van der Waals surface area (Å²) in [7, 11) is 0. The van der Waals surface area contributed by atoms with Gasteiger partial charge in [0, 0.05) is 38.4 Å². The molecule has 1 amide bonds. The van der Waals surface area contributed by atoms with Crippen LogP contribution in [-0.2, 0) is 24.4 Å². The van der Waals surface area contributed by atoms with E-state index in [1.54, 1.807) is 10.9 Å². The summed E-state index contributed by atoms with van der Waals surface area (Å²) < 4.78 is 4.43. The lowest BCUT2D eigenvalue weighted by atomic mass is 10.2. The van der Waals surface area contributed by atoms with Crippen molar-refractivity contribution in [2.45, 2.75) is 79.4 Å². The maximum atomic E-state index is 13.4. The van der Waals surface area contributed by atoms with Crippen LogP contribution in [0.15, 0.2) is 40.2 Å². The molecule has 0 aliphatic rings. The number of carbonyl (C=O) groups is 1. The lowest BCUT2D eigenvalue weighted by Gasteiger charge is -2.23. The van der Waals surface area contributed by atoms with E-state index in [0.29, 0.717) is 37.3 Å². The molecule has 1 aromatic carbocycles. The summed E-state index contributed by atoms with van der Waals surface area (Å²) in [5.41, 5.74) is 2.14. The Kier molecular flexibility index (Phi) is 9.90. The Morgan fingerprint density at radius 1 is 1.03 bits per heavy atom. The third-order valence-electron chi connectivity index (χ3n) is 6.48. The monoisotopic (exact) mass is 496 g/mol. The molecule has 36 heavy (non-hydrogen) atoms. The van der Waals surface area contributed by atoms with E-state index in [9.17, 15) is 14.4 Å². The van der Waals surface area contributed by atoms with Crippen LogP contribution in [0.2, 0.25) is 0 Å². The number of benzene rings is 1. The first-order valence-electron chi connectivity index (χ1n) is 13.2. The molecule has 0 spiro atoms. The number of fused-ring (bicyclic) bond motifs is 1. The minimum atomic E-state index is -0.482. The van der Waals surface area contributed by atoms with Gasteiger partial charge >= 0.3 is 5.69 Å². The Balaban J connectivity index is 1.79. The Hall–Kier alpha value is -3.36. The molecule has 0 fully saturated rings. The molecule has 0 saturated carbocycles.